The van der Waals surface area contributed by atoms with Crippen LogP contribution < -0.4 is 0 Å². The summed E-state index contributed by atoms with van der Waals surface area (Å²) in [7, 11) is -3.41. The van der Waals surface area contributed by atoms with E-state index < -0.39 is 10.2 Å². The molecule has 0 saturated carbocycles. The van der Waals surface area contributed by atoms with E-state index in [0.29, 0.717) is 26.2 Å². The maximum absolute atomic E-state index is 13.0. The average Bonchev–Trinajstić information content (AvgIpc) is 2.68. The minimum Gasteiger partial charge on any atom is -0.258 e. The Balaban J connectivity index is 1.82. The van der Waals surface area contributed by atoms with Crippen molar-refractivity contribution in [2.24, 2.45) is 0 Å². The molecule has 3 rings (SSSR count). The first-order valence-electron chi connectivity index (χ1n) is 10.3. The Kier molecular flexibility index (Phi) is 7.32. The Bertz CT molecular complexity index is 945. The summed E-state index contributed by atoms with van der Waals surface area (Å²) >= 11 is 6.12. The van der Waals surface area contributed by atoms with Gasteiger partial charge in [0.05, 0.1) is 0 Å². The van der Waals surface area contributed by atoms with Crippen molar-refractivity contribution in [2.45, 2.75) is 46.0 Å². The van der Waals surface area contributed by atoms with Gasteiger partial charge in [-0.1, -0.05) is 37.6 Å². The van der Waals surface area contributed by atoms with Crippen LogP contribution >= 0.6 is 11.6 Å². The molecule has 0 amide bonds. The number of nitrogens with zero attached hydrogens (tertiary/aromatic N) is 3. The quantitative estimate of drug-likeness (QED) is 0.647. The van der Waals surface area contributed by atoms with Crippen molar-refractivity contribution in [2.75, 3.05) is 26.2 Å². The molecule has 1 aliphatic rings. The van der Waals surface area contributed by atoms with Gasteiger partial charge in [-0.15, -0.1) is 0 Å². The monoisotopic (exact) mass is 435 g/mol. The van der Waals surface area contributed by atoms with Crippen LogP contribution in [-0.4, -0.2) is 48.2 Å². The summed E-state index contributed by atoms with van der Waals surface area (Å²) in [6.07, 6.45) is 2.59. The zero-order valence-electron chi connectivity index (χ0n) is 17.4. The van der Waals surface area contributed by atoms with E-state index in [2.05, 4.69) is 18.2 Å². The first-order chi connectivity index (χ1) is 13.8. The Morgan fingerprint density at radius 2 is 1.93 bits per heavy atom. The van der Waals surface area contributed by atoms with Crippen molar-refractivity contribution in [3.8, 4) is 0 Å². The van der Waals surface area contributed by atoms with Gasteiger partial charge in [0.25, 0.3) is 10.2 Å². The third kappa shape index (κ3) is 5.37. The molecule has 1 aromatic carbocycles. The molecule has 0 spiro atoms. The summed E-state index contributed by atoms with van der Waals surface area (Å²) in [6, 6.07) is 12.1. The number of rotatable bonds is 7. The Morgan fingerprint density at radius 1 is 1.17 bits per heavy atom. The summed E-state index contributed by atoms with van der Waals surface area (Å²) in [6.45, 7) is 7.82. The van der Waals surface area contributed by atoms with E-state index >= 15 is 0 Å². The molecule has 2 heterocycles. The number of piperidine rings is 1. The van der Waals surface area contributed by atoms with Crippen LogP contribution in [0.25, 0.3) is 0 Å². The maximum atomic E-state index is 13.0. The number of pyridine rings is 1. The summed E-state index contributed by atoms with van der Waals surface area (Å²) in [5.74, 6) is 0.118. The van der Waals surface area contributed by atoms with Gasteiger partial charge in [-0.2, -0.15) is 17.0 Å². The largest absolute Gasteiger partial charge is 0.281 e. The highest BCUT2D eigenvalue weighted by Crippen LogP contribution is 2.29. The summed E-state index contributed by atoms with van der Waals surface area (Å²) in [5.41, 5.74) is 4.28. The summed E-state index contributed by atoms with van der Waals surface area (Å²) in [4.78, 5) is 4.76. The third-order valence-electron chi connectivity index (χ3n) is 5.49. The van der Waals surface area contributed by atoms with Gasteiger partial charge in [0, 0.05) is 48.5 Å². The van der Waals surface area contributed by atoms with E-state index in [1.807, 2.05) is 39.0 Å². The molecule has 1 aliphatic heterocycles. The van der Waals surface area contributed by atoms with Crippen molar-refractivity contribution in [3.05, 3.63) is 63.9 Å². The van der Waals surface area contributed by atoms with E-state index in [4.69, 9.17) is 16.6 Å². The highest BCUT2D eigenvalue weighted by molar-refractivity contribution is 7.86. The molecule has 1 fully saturated rings. The molecule has 29 heavy (non-hydrogen) atoms. The molecular formula is C22H30ClN3O2S. The molecule has 1 saturated heterocycles. The smallest absolute Gasteiger partial charge is 0.258 e. The average molecular weight is 436 g/mol. The molecule has 2 aromatic rings. The van der Waals surface area contributed by atoms with Crippen LogP contribution in [0.2, 0.25) is 5.02 Å². The van der Waals surface area contributed by atoms with E-state index in [9.17, 15) is 8.42 Å². The van der Waals surface area contributed by atoms with Crippen LogP contribution in [-0.2, 0) is 16.6 Å². The first kappa shape index (κ1) is 22.2. The predicted molar refractivity (Wildman–Crippen MR) is 119 cm³/mol. The molecular weight excluding hydrogens is 406 g/mol. The van der Waals surface area contributed by atoms with E-state index in [0.717, 1.165) is 41.2 Å². The minimum atomic E-state index is -3.41. The molecule has 0 aliphatic carbocycles. The van der Waals surface area contributed by atoms with Gasteiger partial charge in [0.1, 0.15) is 0 Å². The summed E-state index contributed by atoms with van der Waals surface area (Å²) < 4.78 is 29.1. The van der Waals surface area contributed by atoms with Gasteiger partial charge >= 0.3 is 0 Å². The second kappa shape index (κ2) is 9.56. The number of halogens is 1. The fourth-order valence-electron chi connectivity index (χ4n) is 4.07. The summed E-state index contributed by atoms with van der Waals surface area (Å²) in [5, 5.41) is 0.734. The van der Waals surface area contributed by atoms with Gasteiger partial charge in [0.15, 0.2) is 0 Å². The van der Waals surface area contributed by atoms with Crippen LogP contribution in [0.15, 0.2) is 36.4 Å². The molecule has 158 valence electrons. The number of aromatic nitrogens is 1. The van der Waals surface area contributed by atoms with Crippen molar-refractivity contribution >= 4 is 21.8 Å². The lowest BCUT2D eigenvalue weighted by Gasteiger charge is -2.35. The predicted octanol–water partition coefficient (Wildman–Crippen LogP) is 4.40. The second-order valence-corrected chi connectivity index (χ2v) is 10.0. The van der Waals surface area contributed by atoms with Gasteiger partial charge in [-0.05, 0) is 61.6 Å². The van der Waals surface area contributed by atoms with Crippen molar-refractivity contribution < 1.29 is 8.42 Å². The molecule has 0 N–H and O–H groups in total. The van der Waals surface area contributed by atoms with Gasteiger partial charge < -0.3 is 0 Å². The lowest BCUT2D eigenvalue weighted by molar-refractivity contribution is 0.285. The first-order valence-corrected chi connectivity index (χ1v) is 12.1. The van der Waals surface area contributed by atoms with Crippen LogP contribution in [0.1, 0.15) is 55.1 Å². The van der Waals surface area contributed by atoms with Crippen molar-refractivity contribution in [1.29, 1.82) is 0 Å². The van der Waals surface area contributed by atoms with E-state index in [-0.39, 0.29) is 5.92 Å². The van der Waals surface area contributed by atoms with Crippen LogP contribution in [0.4, 0.5) is 0 Å². The Morgan fingerprint density at radius 3 is 2.62 bits per heavy atom. The fourth-order valence-corrected chi connectivity index (χ4v) is 5.99. The highest BCUT2D eigenvalue weighted by Gasteiger charge is 2.33. The normalized spacial score (nSPS) is 18.3. The minimum absolute atomic E-state index is 0.118. The molecule has 5 nitrogen and oxygen atoms in total. The molecule has 0 bridgehead atoms. The maximum Gasteiger partial charge on any atom is 0.281 e. The van der Waals surface area contributed by atoms with Crippen LogP contribution in [0, 0.1) is 6.92 Å². The molecule has 1 aromatic heterocycles. The van der Waals surface area contributed by atoms with Crippen molar-refractivity contribution in [3.63, 3.8) is 0 Å². The van der Waals surface area contributed by atoms with Gasteiger partial charge in [-0.25, -0.2) is 0 Å². The number of hydrogen-bond donors (Lipinski definition) is 0. The highest BCUT2D eigenvalue weighted by atomic mass is 35.5. The number of hydrogen-bond acceptors (Lipinski definition) is 3. The molecule has 1 atom stereocenters. The fraction of sp³-hybridized carbons (Fsp3) is 0.500. The van der Waals surface area contributed by atoms with Gasteiger partial charge in [-0.3, -0.25) is 4.98 Å². The molecule has 7 heteroatoms. The number of aryl methyl sites for hydroxylation is 1. The van der Waals surface area contributed by atoms with Crippen LogP contribution in [0.5, 0.6) is 0 Å². The molecule has 0 unspecified atom stereocenters. The zero-order chi connectivity index (χ0) is 21.0. The topological polar surface area (TPSA) is 53.5 Å². The second-order valence-electron chi connectivity index (χ2n) is 7.64. The van der Waals surface area contributed by atoms with Crippen molar-refractivity contribution in [1.82, 2.24) is 13.6 Å². The van der Waals surface area contributed by atoms with E-state index in [1.54, 1.807) is 4.31 Å². The number of benzene rings is 1. The van der Waals surface area contributed by atoms with Crippen LogP contribution in [0.3, 0.4) is 0 Å². The van der Waals surface area contributed by atoms with Gasteiger partial charge in [0.2, 0.25) is 0 Å². The SMILES string of the molecule is CCN(CC)S(=O)(=O)N1CCC[C@H](c2cc(Cc3cccc(Cl)c3)cc(C)n2)C1. The Hall–Kier alpha value is -1.47. The lowest BCUT2D eigenvalue weighted by atomic mass is 9.93. The lowest BCUT2D eigenvalue weighted by Crippen LogP contribution is -2.47. The standard InChI is InChI=1S/C22H30ClN3O2S/c1-4-25(5-2)29(27,28)26-11-7-9-20(16-26)22-15-19(12-17(3)24-22)13-18-8-6-10-21(23)14-18/h6,8,10,12,14-15,20H,4-5,7,9,11,13,16H2,1-3H3/t20-/m0/s1. The zero-order valence-corrected chi connectivity index (χ0v) is 19.0. The third-order valence-corrected chi connectivity index (χ3v) is 7.88. The van der Waals surface area contributed by atoms with E-state index in [1.165, 1.54) is 9.87 Å². The Labute approximate surface area is 179 Å². The molecule has 0 radical (unpaired) electrons.